The van der Waals surface area contributed by atoms with E-state index in [0.717, 1.165) is 17.2 Å². The standard InChI is InChI=1S/C39H42F2N4O5S/c1-23(36(47)48)18-24-8-6-9-26(19-24)39(4)15-7-14-38(2,3)22-51(49,50)17-13-28-27-12-16-42-32(27)21-31(41)33(28)34(46)25-10-11-30(40)29(20-25)35-43-37(39)44-45(35)5/h6,8-12,16,19-21,23,42H,7,13-15,17-18,22H2,1-5H3,(H,47,48)/t23-,39?/m0/s1. The maximum absolute atomic E-state index is 15.8. The minimum Gasteiger partial charge on any atom is -0.481 e. The molecule has 0 saturated heterocycles. The van der Waals surface area contributed by atoms with E-state index in [0.29, 0.717) is 42.4 Å². The Morgan fingerprint density at radius 3 is 2.57 bits per heavy atom. The summed E-state index contributed by atoms with van der Waals surface area (Å²) in [7, 11) is -2.03. The molecule has 0 saturated carbocycles. The fraction of sp³-hybridized carbons (Fsp3) is 0.385. The lowest BCUT2D eigenvalue weighted by Gasteiger charge is -2.31. The van der Waals surface area contributed by atoms with Gasteiger partial charge in [0.15, 0.2) is 27.3 Å². The highest BCUT2D eigenvalue weighted by Crippen LogP contribution is 2.39. The largest absolute Gasteiger partial charge is 0.481 e. The molecule has 1 aliphatic heterocycles. The molecule has 0 aliphatic carbocycles. The molecule has 1 unspecified atom stereocenters. The summed E-state index contributed by atoms with van der Waals surface area (Å²) in [5.74, 6) is -3.50. The summed E-state index contributed by atoms with van der Waals surface area (Å²) in [6, 6.07) is 14.3. The van der Waals surface area contributed by atoms with Crippen LogP contribution in [0.15, 0.2) is 60.8 Å². The first-order valence-electron chi connectivity index (χ1n) is 17.1. The van der Waals surface area contributed by atoms with Gasteiger partial charge in [-0.15, -0.1) is 0 Å². The predicted octanol–water partition coefficient (Wildman–Crippen LogP) is 7.21. The maximum Gasteiger partial charge on any atom is 0.306 e. The number of carbonyl (C=O) groups is 2. The number of ketones is 1. The molecule has 4 bridgehead atoms. The van der Waals surface area contributed by atoms with Gasteiger partial charge in [0.2, 0.25) is 0 Å². The number of aliphatic carboxylic acids is 1. The number of carboxylic acid groups (broad SMARTS) is 1. The molecule has 5 aromatic rings. The van der Waals surface area contributed by atoms with Crippen LogP contribution in [-0.2, 0) is 39.9 Å². The fourth-order valence-electron chi connectivity index (χ4n) is 7.37. The van der Waals surface area contributed by atoms with Gasteiger partial charge in [0.25, 0.3) is 0 Å². The lowest BCUT2D eigenvalue weighted by atomic mass is 9.75. The van der Waals surface area contributed by atoms with Gasteiger partial charge in [0, 0.05) is 29.7 Å². The van der Waals surface area contributed by atoms with Crippen molar-refractivity contribution in [3.63, 3.8) is 0 Å². The number of benzene rings is 3. The molecule has 12 heteroatoms. The monoisotopic (exact) mass is 716 g/mol. The van der Waals surface area contributed by atoms with Gasteiger partial charge in [0.05, 0.1) is 34.0 Å². The topological polar surface area (TPSA) is 135 Å². The third kappa shape index (κ3) is 7.24. The summed E-state index contributed by atoms with van der Waals surface area (Å²) in [6.07, 6.45) is 3.49. The number of sulfone groups is 1. The minimum atomic E-state index is -3.67. The summed E-state index contributed by atoms with van der Waals surface area (Å²) < 4.78 is 60.3. The van der Waals surface area contributed by atoms with Crippen molar-refractivity contribution in [2.24, 2.45) is 18.4 Å². The Kier molecular flexibility index (Phi) is 9.51. The van der Waals surface area contributed by atoms with Gasteiger partial charge < -0.3 is 10.1 Å². The molecular weight excluding hydrogens is 675 g/mol. The van der Waals surface area contributed by atoms with Gasteiger partial charge >= 0.3 is 5.97 Å². The number of carboxylic acids is 1. The molecule has 0 radical (unpaired) electrons. The predicted molar refractivity (Wildman–Crippen MR) is 191 cm³/mol. The molecule has 0 fully saturated rings. The van der Waals surface area contributed by atoms with Crippen LogP contribution in [0.1, 0.15) is 85.4 Å². The van der Waals surface area contributed by atoms with Crippen LogP contribution in [0.25, 0.3) is 22.3 Å². The zero-order valence-electron chi connectivity index (χ0n) is 29.4. The third-order valence-electron chi connectivity index (χ3n) is 10.2. The number of H-pyrrole nitrogens is 1. The number of aromatic nitrogens is 4. The molecule has 51 heavy (non-hydrogen) atoms. The number of halogens is 2. The van der Waals surface area contributed by atoms with E-state index in [1.807, 2.05) is 45.0 Å². The third-order valence-corrected chi connectivity index (χ3v) is 12.2. The molecule has 0 spiro atoms. The molecule has 2 atom stereocenters. The molecule has 3 aromatic carbocycles. The van der Waals surface area contributed by atoms with Crippen LogP contribution in [0.4, 0.5) is 8.78 Å². The Labute approximate surface area is 296 Å². The zero-order valence-corrected chi connectivity index (χ0v) is 30.2. The highest BCUT2D eigenvalue weighted by atomic mass is 32.2. The highest BCUT2D eigenvalue weighted by Gasteiger charge is 2.36. The average Bonchev–Trinajstić information content (AvgIpc) is 3.69. The van der Waals surface area contributed by atoms with Gasteiger partial charge in [-0.25, -0.2) is 26.9 Å². The van der Waals surface area contributed by atoms with Crippen LogP contribution >= 0.6 is 0 Å². The molecule has 2 aromatic heterocycles. The Balaban J connectivity index is 1.53. The van der Waals surface area contributed by atoms with Gasteiger partial charge in [0.1, 0.15) is 11.6 Å². The van der Waals surface area contributed by atoms with Gasteiger partial charge in [-0.3, -0.25) is 9.59 Å². The Hall–Kier alpha value is -4.71. The number of nitrogens with zero attached hydrogens (tertiary/aromatic N) is 3. The first kappa shape index (κ1) is 36.1. The first-order chi connectivity index (χ1) is 24.0. The van der Waals surface area contributed by atoms with Gasteiger partial charge in [-0.1, -0.05) is 51.5 Å². The van der Waals surface area contributed by atoms with Crippen LogP contribution in [-0.4, -0.2) is 56.5 Å². The fourth-order valence-corrected chi connectivity index (χ4v) is 9.36. The zero-order chi connectivity index (χ0) is 36.9. The number of hydrogen-bond acceptors (Lipinski definition) is 6. The summed E-state index contributed by atoms with van der Waals surface area (Å²) in [6.45, 7) is 7.44. The minimum absolute atomic E-state index is 0.00277. The second-order valence-electron chi connectivity index (χ2n) is 14.9. The molecule has 9 nitrogen and oxygen atoms in total. The van der Waals surface area contributed by atoms with Gasteiger partial charge in [-0.2, -0.15) is 5.10 Å². The summed E-state index contributed by atoms with van der Waals surface area (Å²) >= 11 is 0. The number of fused-ring (bicyclic) bond motifs is 8. The maximum atomic E-state index is 15.8. The van der Waals surface area contributed by atoms with Crippen molar-refractivity contribution in [2.75, 3.05) is 11.5 Å². The lowest BCUT2D eigenvalue weighted by molar-refractivity contribution is -0.141. The van der Waals surface area contributed by atoms with Crippen molar-refractivity contribution in [3.8, 4) is 11.4 Å². The van der Waals surface area contributed by atoms with E-state index in [4.69, 9.17) is 10.1 Å². The van der Waals surface area contributed by atoms with E-state index in [2.05, 4.69) is 4.98 Å². The van der Waals surface area contributed by atoms with E-state index in [1.165, 1.54) is 22.9 Å². The van der Waals surface area contributed by atoms with E-state index < -0.39 is 50.0 Å². The Morgan fingerprint density at radius 1 is 1.06 bits per heavy atom. The van der Waals surface area contributed by atoms with Gasteiger partial charge in [-0.05, 0) is 85.0 Å². The number of aryl methyl sites for hydroxylation is 2. The van der Waals surface area contributed by atoms with E-state index in [-0.39, 0.29) is 46.0 Å². The van der Waals surface area contributed by atoms with Crippen LogP contribution in [0.2, 0.25) is 0 Å². The molecule has 1 aliphatic rings. The summed E-state index contributed by atoms with van der Waals surface area (Å²) in [4.78, 5) is 33.6. The second-order valence-corrected chi connectivity index (χ2v) is 17.1. The Bertz CT molecular complexity index is 2280. The first-order valence-corrected chi connectivity index (χ1v) is 18.9. The average molecular weight is 717 g/mol. The molecule has 268 valence electrons. The molecule has 0 amide bonds. The quantitative estimate of drug-likeness (QED) is 0.201. The number of carbonyl (C=O) groups excluding carboxylic acids is 1. The van der Waals surface area contributed by atoms with Crippen LogP contribution in [0.5, 0.6) is 0 Å². The normalized spacial score (nSPS) is 19.9. The molecule has 2 N–H and O–H groups in total. The van der Waals surface area contributed by atoms with Crippen LogP contribution in [0.3, 0.4) is 0 Å². The smallest absolute Gasteiger partial charge is 0.306 e. The summed E-state index contributed by atoms with van der Waals surface area (Å²) in [5, 5.41) is 14.9. The van der Waals surface area contributed by atoms with E-state index >= 15 is 8.78 Å². The number of rotatable bonds is 4. The molecular formula is C39H42F2N4O5S. The van der Waals surface area contributed by atoms with Crippen molar-refractivity contribution in [3.05, 3.63) is 106 Å². The Morgan fingerprint density at radius 2 is 1.82 bits per heavy atom. The van der Waals surface area contributed by atoms with Crippen LogP contribution in [0, 0.1) is 23.0 Å². The number of hydrogen-bond donors (Lipinski definition) is 2. The number of aromatic amines is 1. The molecule has 3 heterocycles. The lowest BCUT2D eigenvalue weighted by Crippen LogP contribution is -2.29. The van der Waals surface area contributed by atoms with Crippen molar-refractivity contribution in [1.82, 2.24) is 19.7 Å². The number of nitrogens with one attached hydrogen (secondary N) is 1. The van der Waals surface area contributed by atoms with Crippen molar-refractivity contribution in [1.29, 1.82) is 0 Å². The van der Waals surface area contributed by atoms with E-state index in [9.17, 15) is 23.1 Å². The molecule has 6 rings (SSSR count). The second kappa shape index (κ2) is 13.4. The summed E-state index contributed by atoms with van der Waals surface area (Å²) in [5.41, 5.74) is 0.677. The van der Waals surface area contributed by atoms with Crippen molar-refractivity contribution in [2.45, 2.75) is 65.2 Å². The van der Waals surface area contributed by atoms with Crippen molar-refractivity contribution >= 4 is 32.5 Å². The van der Waals surface area contributed by atoms with E-state index in [1.54, 1.807) is 26.2 Å². The highest BCUT2D eigenvalue weighted by molar-refractivity contribution is 7.91. The van der Waals surface area contributed by atoms with Crippen molar-refractivity contribution < 1.29 is 31.9 Å². The van der Waals surface area contributed by atoms with Crippen LogP contribution < -0.4 is 0 Å². The SMILES string of the molecule is C[C@@H](Cc1cccc(C2(C)CCCC(C)(C)CS(=O)(=O)CCc3c(c(F)cc4[nH]ccc34)C(=O)c3ccc(F)c(c3)-c3nc2nn3C)c1)C(=O)O.